The van der Waals surface area contributed by atoms with Gasteiger partial charge in [-0.2, -0.15) is 0 Å². The maximum absolute atomic E-state index is 10.5. The first-order valence-electron chi connectivity index (χ1n) is 5.40. The molecule has 0 radical (unpaired) electrons. The van der Waals surface area contributed by atoms with Gasteiger partial charge in [0.25, 0.3) is 5.69 Å². The van der Waals surface area contributed by atoms with Gasteiger partial charge in [-0.15, -0.1) is 6.42 Å². The van der Waals surface area contributed by atoms with Gasteiger partial charge in [0, 0.05) is 12.1 Å². The molecule has 2 rings (SSSR count). The number of hydrogen-bond donors (Lipinski definition) is 0. The number of rotatable bonds is 4. The van der Waals surface area contributed by atoms with E-state index in [-0.39, 0.29) is 22.7 Å². The minimum absolute atomic E-state index is 0. The summed E-state index contributed by atoms with van der Waals surface area (Å²) in [5, 5.41) is 10.5. The SMILES string of the molecule is C#CCn1cc[n+](Cc2ccc([N+](=O)[O-])cc2)c1.[Br-]. The van der Waals surface area contributed by atoms with Crippen molar-refractivity contribution in [3.63, 3.8) is 0 Å². The number of halogens is 1. The molecule has 1 aromatic carbocycles. The standard InChI is InChI=1S/C13H12N3O2.BrH/c1-2-7-14-8-9-15(11-14)10-12-3-5-13(6-4-12)16(17)18;/h1,3-6,8-9,11H,7,10H2;1H/q+1;/p-1. The molecule has 0 amide bonds. The third-order valence-electron chi connectivity index (χ3n) is 2.53. The Hall–Kier alpha value is -2.13. The van der Waals surface area contributed by atoms with Crippen molar-refractivity contribution in [3.05, 3.63) is 58.7 Å². The molecular weight excluding hydrogens is 310 g/mol. The summed E-state index contributed by atoms with van der Waals surface area (Å²) in [7, 11) is 0. The fourth-order valence-corrected chi connectivity index (χ4v) is 1.67. The summed E-state index contributed by atoms with van der Waals surface area (Å²) < 4.78 is 3.86. The monoisotopic (exact) mass is 321 g/mol. The molecule has 0 aliphatic rings. The first kappa shape index (κ1) is 14.9. The zero-order chi connectivity index (χ0) is 13.0. The second-order valence-electron chi connectivity index (χ2n) is 3.89. The van der Waals surface area contributed by atoms with Crippen LogP contribution in [0, 0.1) is 22.5 Å². The lowest BCUT2D eigenvalue weighted by molar-refractivity contribution is -0.687. The summed E-state index contributed by atoms with van der Waals surface area (Å²) >= 11 is 0. The van der Waals surface area contributed by atoms with E-state index in [4.69, 9.17) is 6.42 Å². The van der Waals surface area contributed by atoms with E-state index >= 15 is 0 Å². The van der Waals surface area contributed by atoms with Crippen molar-refractivity contribution in [2.24, 2.45) is 0 Å². The molecule has 0 spiro atoms. The van der Waals surface area contributed by atoms with E-state index in [9.17, 15) is 10.1 Å². The summed E-state index contributed by atoms with van der Waals surface area (Å²) in [5.74, 6) is 2.56. The van der Waals surface area contributed by atoms with E-state index in [2.05, 4.69) is 5.92 Å². The number of nitro benzene ring substituents is 1. The smallest absolute Gasteiger partial charge is 0.269 e. The van der Waals surface area contributed by atoms with Crippen LogP contribution in [0.3, 0.4) is 0 Å². The van der Waals surface area contributed by atoms with E-state index < -0.39 is 4.92 Å². The van der Waals surface area contributed by atoms with Crippen LogP contribution in [-0.2, 0) is 13.1 Å². The Morgan fingerprint density at radius 1 is 1.37 bits per heavy atom. The van der Waals surface area contributed by atoms with Crippen molar-refractivity contribution < 1.29 is 26.5 Å². The fraction of sp³-hybridized carbons (Fsp3) is 0.154. The summed E-state index contributed by atoms with van der Waals surface area (Å²) in [6, 6.07) is 6.52. The Morgan fingerprint density at radius 2 is 2.05 bits per heavy atom. The lowest BCUT2D eigenvalue weighted by Gasteiger charge is -1.97. The van der Waals surface area contributed by atoms with Crippen LogP contribution in [0.2, 0.25) is 0 Å². The zero-order valence-corrected chi connectivity index (χ0v) is 11.7. The highest BCUT2D eigenvalue weighted by atomic mass is 79.9. The van der Waals surface area contributed by atoms with Crippen molar-refractivity contribution in [2.75, 3.05) is 0 Å². The van der Waals surface area contributed by atoms with Crippen LogP contribution < -0.4 is 21.5 Å². The summed E-state index contributed by atoms with van der Waals surface area (Å²) in [5.41, 5.74) is 1.11. The molecule has 2 aromatic rings. The van der Waals surface area contributed by atoms with Crippen molar-refractivity contribution >= 4 is 5.69 Å². The molecule has 19 heavy (non-hydrogen) atoms. The number of imidazole rings is 1. The fourth-order valence-electron chi connectivity index (χ4n) is 1.67. The van der Waals surface area contributed by atoms with Crippen molar-refractivity contribution in [2.45, 2.75) is 13.1 Å². The molecule has 1 heterocycles. The molecule has 6 heteroatoms. The summed E-state index contributed by atoms with van der Waals surface area (Å²) in [6.07, 6.45) is 10.9. The van der Waals surface area contributed by atoms with Gasteiger partial charge in [0.15, 0.2) is 6.54 Å². The Balaban J connectivity index is 0.00000180. The molecule has 0 fully saturated rings. The number of nitrogens with zero attached hydrogens (tertiary/aromatic N) is 3. The molecule has 98 valence electrons. The number of nitro groups is 1. The summed E-state index contributed by atoms with van der Waals surface area (Å²) in [6.45, 7) is 1.20. The number of benzene rings is 1. The van der Waals surface area contributed by atoms with Crippen LogP contribution in [0.1, 0.15) is 5.56 Å². The average molecular weight is 322 g/mol. The molecule has 0 N–H and O–H groups in total. The third kappa shape index (κ3) is 3.93. The number of hydrogen-bond acceptors (Lipinski definition) is 2. The van der Waals surface area contributed by atoms with Crippen molar-refractivity contribution in [3.8, 4) is 12.3 Å². The van der Waals surface area contributed by atoms with Crippen molar-refractivity contribution in [1.29, 1.82) is 0 Å². The summed E-state index contributed by atoms with van der Waals surface area (Å²) in [4.78, 5) is 10.1. The molecule has 0 saturated carbocycles. The topological polar surface area (TPSA) is 52.0 Å². The average Bonchev–Trinajstić information content (AvgIpc) is 2.78. The van der Waals surface area contributed by atoms with Gasteiger partial charge in [-0.3, -0.25) is 10.1 Å². The molecular formula is C13H12BrN3O2. The molecule has 0 unspecified atom stereocenters. The van der Waals surface area contributed by atoms with E-state index in [1.807, 2.05) is 27.9 Å². The van der Waals surface area contributed by atoms with Crippen molar-refractivity contribution in [1.82, 2.24) is 4.57 Å². The minimum atomic E-state index is -0.402. The molecule has 0 saturated heterocycles. The van der Waals surface area contributed by atoms with Gasteiger partial charge in [0.05, 0.1) is 4.92 Å². The predicted octanol–water partition coefficient (Wildman–Crippen LogP) is -1.63. The van der Waals surface area contributed by atoms with Crippen LogP contribution in [0.15, 0.2) is 43.0 Å². The quantitative estimate of drug-likeness (QED) is 0.294. The molecule has 5 nitrogen and oxygen atoms in total. The second-order valence-corrected chi connectivity index (χ2v) is 3.89. The van der Waals surface area contributed by atoms with Crippen LogP contribution in [-0.4, -0.2) is 9.49 Å². The second kappa shape index (κ2) is 6.71. The lowest BCUT2D eigenvalue weighted by atomic mass is 10.2. The maximum atomic E-state index is 10.5. The highest BCUT2D eigenvalue weighted by Gasteiger charge is 2.07. The Labute approximate surface area is 121 Å². The van der Waals surface area contributed by atoms with Crippen LogP contribution >= 0.6 is 0 Å². The van der Waals surface area contributed by atoms with E-state index in [0.717, 1.165) is 5.56 Å². The third-order valence-corrected chi connectivity index (χ3v) is 2.53. The van der Waals surface area contributed by atoms with E-state index in [1.165, 1.54) is 12.1 Å². The maximum Gasteiger partial charge on any atom is 0.269 e. The van der Waals surface area contributed by atoms with E-state index in [1.54, 1.807) is 12.1 Å². The number of terminal acetylenes is 1. The Morgan fingerprint density at radius 3 is 2.63 bits per heavy atom. The Bertz CT molecular complexity index is 599. The first-order chi connectivity index (χ1) is 8.69. The molecule has 0 bridgehead atoms. The number of non-ortho nitro benzene ring substituents is 1. The minimum Gasteiger partial charge on any atom is -1.00 e. The van der Waals surface area contributed by atoms with Crippen LogP contribution in [0.5, 0.6) is 0 Å². The van der Waals surface area contributed by atoms with Gasteiger partial charge < -0.3 is 17.0 Å². The Kier molecular flexibility index (Phi) is 5.27. The van der Waals surface area contributed by atoms with E-state index in [0.29, 0.717) is 13.1 Å². The van der Waals surface area contributed by atoms with Gasteiger partial charge in [-0.05, 0) is 17.7 Å². The molecule has 1 aromatic heterocycles. The normalized spacial score (nSPS) is 9.42. The molecule has 0 aliphatic carbocycles. The highest BCUT2D eigenvalue weighted by Crippen LogP contribution is 2.11. The lowest BCUT2D eigenvalue weighted by Crippen LogP contribution is -3.00. The van der Waals surface area contributed by atoms with Crippen LogP contribution in [0.25, 0.3) is 0 Å². The van der Waals surface area contributed by atoms with Gasteiger partial charge >= 0.3 is 0 Å². The van der Waals surface area contributed by atoms with Gasteiger partial charge in [-0.25, -0.2) is 9.13 Å². The van der Waals surface area contributed by atoms with Gasteiger partial charge in [0.2, 0.25) is 6.33 Å². The first-order valence-corrected chi connectivity index (χ1v) is 5.40. The molecule has 0 aliphatic heterocycles. The van der Waals surface area contributed by atoms with Gasteiger partial charge in [0.1, 0.15) is 18.9 Å². The molecule has 0 atom stereocenters. The predicted molar refractivity (Wildman–Crippen MR) is 65.7 cm³/mol. The van der Waals surface area contributed by atoms with Crippen LogP contribution in [0.4, 0.5) is 5.69 Å². The largest absolute Gasteiger partial charge is 1.00 e. The highest BCUT2D eigenvalue weighted by molar-refractivity contribution is 5.32. The zero-order valence-electron chi connectivity index (χ0n) is 10.1. The van der Waals surface area contributed by atoms with Gasteiger partial charge in [-0.1, -0.05) is 5.92 Å². The number of aromatic nitrogens is 2.